The maximum absolute atomic E-state index is 4.52. The lowest BCUT2D eigenvalue weighted by Crippen LogP contribution is -2.08. The summed E-state index contributed by atoms with van der Waals surface area (Å²) in [5, 5.41) is 12.1. The van der Waals surface area contributed by atoms with Crippen LogP contribution in [0.15, 0.2) is 18.3 Å². The number of rotatable bonds is 5. The lowest BCUT2D eigenvalue weighted by Gasteiger charge is -2.05. The molecule has 0 unspecified atom stereocenters. The van der Waals surface area contributed by atoms with Crippen molar-refractivity contribution < 1.29 is 0 Å². The molecular weight excluding hydrogens is 214 g/mol. The van der Waals surface area contributed by atoms with Gasteiger partial charge in [-0.2, -0.15) is 10.2 Å². The molecule has 1 N–H and O–H groups in total. The van der Waals surface area contributed by atoms with Crippen molar-refractivity contribution in [2.75, 3.05) is 5.32 Å². The van der Waals surface area contributed by atoms with Crippen LogP contribution in [0.25, 0.3) is 0 Å². The quantitative estimate of drug-likeness (QED) is 0.856. The number of hydrogen-bond donors (Lipinski definition) is 1. The first-order valence-corrected chi connectivity index (χ1v) is 6.02. The molecule has 17 heavy (non-hydrogen) atoms. The fraction of sp³-hybridized carbons (Fsp3) is 0.500. The second-order valence-electron chi connectivity index (χ2n) is 4.02. The van der Waals surface area contributed by atoms with Gasteiger partial charge < -0.3 is 5.32 Å². The zero-order valence-corrected chi connectivity index (χ0v) is 10.6. The number of aromatic nitrogens is 4. The van der Waals surface area contributed by atoms with Gasteiger partial charge in [0, 0.05) is 25.9 Å². The summed E-state index contributed by atoms with van der Waals surface area (Å²) in [6.07, 6.45) is 2.90. The molecule has 0 bridgehead atoms. The average molecular weight is 233 g/mol. The third-order valence-corrected chi connectivity index (χ3v) is 2.74. The van der Waals surface area contributed by atoms with E-state index in [1.54, 1.807) is 4.68 Å². The topological polar surface area (TPSA) is 47.7 Å². The third-order valence-electron chi connectivity index (χ3n) is 2.74. The highest BCUT2D eigenvalue weighted by atomic mass is 15.3. The lowest BCUT2D eigenvalue weighted by molar-refractivity contribution is 0.618. The van der Waals surface area contributed by atoms with E-state index in [2.05, 4.69) is 35.4 Å². The van der Waals surface area contributed by atoms with E-state index < -0.39 is 0 Å². The molecule has 0 fully saturated rings. The van der Waals surface area contributed by atoms with Gasteiger partial charge in [0.05, 0.1) is 17.9 Å². The van der Waals surface area contributed by atoms with Crippen molar-refractivity contribution >= 4 is 5.82 Å². The van der Waals surface area contributed by atoms with Crippen molar-refractivity contribution in [3.05, 3.63) is 29.7 Å². The highest BCUT2D eigenvalue weighted by molar-refractivity contribution is 5.33. The monoisotopic (exact) mass is 233 g/mol. The summed E-state index contributed by atoms with van der Waals surface area (Å²) in [6.45, 7) is 5.89. The molecule has 0 saturated carbocycles. The molecule has 0 amide bonds. The molecular formula is C12H19N5. The summed E-state index contributed by atoms with van der Waals surface area (Å²) >= 11 is 0. The first kappa shape index (κ1) is 11.7. The molecule has 2 heterocycles. The average Bonchev–Trinajstić information content (AvgIpc) is 2.92. The van der Waals surface area contributed by atoms with E-state index in [0.29, 0.717) is 0 Å². The van der Waals surface area contributed by atoms with Crippen LogP contribution in [0.3, 0.4) is 0 Å². The van der Waals surface area contributed by atoms with Crippen molar-refractivity contribution in [3.63, 3.8) is 0 Å². The second kappa shape index (κ2) is 5.03. The van der Waals surface area contributed by atoms with Crippen LogP contribution in [0.4, 0.5) is 5.82 Å². The predicted molar refractivity (Wildman–Crippen MR) is 67.8 cm³/mol. The number of aryl methyl sites for hydroxylation is 3. The second-order valence-corrected chi connectivity index (χ2v) is 4.02. The molecule has 2 aromatic heterocycles. The molecule has 0 aliphatic heterocycles. The summed E-state index contributed by atoms with van der Waals surface area (Å²) in [5.41, 5.74) is 2.35. The van der Waals surface area contributed by atoms with E-state index in [0.717, 1.165) is 31.0 Å². The minimum absolute atomic E-state index is 0.762. The zero-order valence-electron chi connectivity index (χ0n) is 10.6. The molecule has 0 saturated heterocycles. The number of hydrogen-bond acceptors (Lipinski definition) is 3. The Morgan fingerprint density at radius 2 is 2.12 bits per heavy atom. The van der Waals surface area contributed by atoms with Crippen LogP contribution in [0.5, 0.6) is 0 Å². The fourth-order valence-electron chi connectivity index (χ4n) is 1.79. The fourth-order valence-corrected chi connectivity index (χ4v) is 1.79. The molecule has 0 aliphatic carbocycles. The Labute approximate surface area is 101 Å². The van der Waals surface area contributed by atoms with E-state index in [-0.39, 0.29) is 0 Å². The van der Waals surface area contributed by atoms with E-state index >= 15 is 0 Å². The van der Waals surface area contributed by atoms with Crippen LogP contribution in [-0.2, 0) is 26.6 Å². The molecule has 2 rings (SSSR count). The minimum atomic E-state index is 0.762. The maximum Gasteiger partial charge on any atom is 0.148 e. The van der Waals surface area contributed by atoms with Gasteiger partial charge in [0.25, 0.3) is 0 Å². The molecule has 0 aromatic carbocycles. The number of nitrogens with one attached hydrogen (secondary N) is 1. The Morgan fingerprint density at radius 3 is 2.71 bits per heavy atom. The van der Waals surface area contributed by atoms with Crippen LogP contribution in [0.2, 0.25) is 0 Å². The Hall–Kier alpha value is -1.78. The zero-order chi connectivity index (χ0) is 12.3. The van der Waals surface area contributed by atoms with Crippen molar-refractivity contribution in [1.29, 1.82) is 0 Å². The lowest BCUT2D eigenvalue weighted by atomic mass is 10.3. The standard InChI is InChI=1S/C12H19N5/c1-4-10-8-11(17(5-2)14-10)9-13-12-6-7-16(3)15-12/h6-8H,4-5,9H2,1-3H3,(H,13,15). The number of anilines is 1. The van der Waals surface area contributed by atoms with Gasteiger partial charge in [0.15, 0.2) is 0 Å². The summed E-state index contributed by atoms with van der Waals surface area (Å²) in [6, 6.07) is 4.12. The minimum Gasteiger partial charge on any atom is -0.363 e. The molecule has 0 radical (unpaired) electrons. The summed E-state index contributed by atoms with van der Waals surface area (Å²) < 4.78 is 3.83. The molecule has 92 valence electrons. The largest absolute Gasteiger partial charge is 0.363 e. The predicted octanol–water partition coefficient (Wildman–Crippen LogP) is 1.81. The van der Waals surface area contributed by atoms with Crippen LogP contribution in [0.1, 0.15) is 25.2 Å². The molecule has 5 heteroatoms. The summed E-state index contributed by atoms with van der Waals surface area (Å²) in [4.78, 5) is 0. The normalized spacial score (nSPS) is 10.8. The van der Waals surface area contributed by atoms with Crippen molar-refractivity contribution in [2.24, 2.45) is 7.05 Å². The van der Waals surface area contributed by atoms with E-state index in [4.69, 9.17) is 0 Å². The molecule has 0 aliphatic rings. The smallest absolute Gasteiger partial charge is 0.148 e. The van der Waals surface area contributed by atoms with Crippen molar-refractivity contribution in [3.8, 4) is 0 Å². The Balaban J connectivity index is 2.05. The van der Waals surface area contributed by atoms with Gasteiger partial charge in [0.1, 0.15) is 5.82 Å². The van der Waals surface area contributed by atoms with Gasteiger partial charge in [0.2, 0.25) is 0 Å². The maximum atomic E-state index is 4.52. The molecule has 2 aromatic rings. The van der Waals surface area contributed by atoms with Crippen LogP contribution in [-0.4, -0.2) is 19.6 Å². The molecule has 0 atom stereocenters. The first-order chi connectivity index (χ1) is 8.22. The van der Waals surface area contributed by atoms with Gasteiger partial charge in [-0.1, -0.05) is 6.92 Å². The molecule has 0 spiro atoms. The van der Waals surface area contributed by atoms with Gasteiger partial charge in [-0.25, -0.2) is 0 Å². The van der Waals surface area contributed by atoms with Crippen molar-refractivity contribution in [1.82, 2.24) is 19.6 Å². The number of nitrogens with zero attached hydrogens (tertiary/aromatic N) is 4. The van der Waals surface area contributed by atoms with E-state index in [9.17, 15) is 0 Å². The van der Waals surface area contributed by atoms with Gasteiger partial charge in [-0.3, -0.25) is 9.36 Å². The summed E-state index contributed by atoms with van der Waals surface area (Å²) in [5.74, 6) is 0.898. The summed E-state index contributed by atoms with van der Waals surface area (Å²) in [7, 11) is 1.91. The van der Waals surface area contributed by atoms with Crippen LogP contribution in [0, 0.1) is 0 Å². The van der Waals surface area contributed by atoms with Crippen LogP contribution < -0.4 is 5.32 Å². The van der Waals surface area contributed by atoms with Gasteiger partial charge >= 0.3 is 0 Å². The SMILES string of the molecule is CCc1cc(CNc2ccn(C)n2)n(CC)n1. The van der Waals surface area contributed by atoms with Crippen molar-refractivity contribution in [2.45, 2.75) is 33.4 Å². The molecule has 5 nitrogen and oxygen atoms in total. The third kappa shape index (κ3) is 2.67. The highest BCUT2D eigenvalue weighted by Crippen LogP contribution is 2.09. The Kier molecular flexibility index (Phi) is 3.46. The van der Waals surface area contributed by atoms with E-state index in [1.165, 1.54) is 5.69 Å². The van der Waals surface area contributed by atoms with Gasteiger partial charge in [-0.05, 0) is 19.4 Å². The Morgan fingerprint density at radius 1 is 1.29 bits per heavy atom. The van der Waals surface area contributed by atoms with Crippen LogP contribution >= 0.6 is 0 Å². The highest BCUT2D eigenvalue weighted by Gasteiger charge is 2.05. The van der Waals surface area contributed by atoms with Gasteiger partial charge in [-0.15, -0.1) is 0 Å². The van der Waals surface area contributed by atoms with E-state index in [1.807, 2.05) is 24.0 Å². The Bertz CT molecular complexity index is 483. The first-order valence-electron chi connectivity index (χ1n) is 6.02.